The zero-order valence-electron chi connectivity index (χ0n) is 10.7. The molecule has 3 rings (SSSR count). The number of rotatable bonds is 1. The van der Waals surface area contributed by atoms with Crippen LogP contribution in [0.25, 0.3) is 0 Å². The van der Waals surface area contributed by atoms with E-state index in [0.717, 1.165) is 17.7 Å². The SMILES string of the molecule is Cc1ncoc1C(=O)N1CCc2cccc(N)c2C1. The van der Waals surface area contributed by atoms with Crippen LogP contribution in [0, 0.1) is 6.92 Å². The number of oxazole rings is 1. The topological polar surface area (TPSA) is 72.4 Å². The minimum absolute atomic E-state index is 0.121. The van der Waals surface area contributed by atoms with Crippen LogP contribution in [-0.4, -0.2) is 22.3 Å². The van der Waals surface area contributed by atoms with E-state index in [0.29, 0.717) is 24.5 Å². The summed E-state index contributed by atoms with van der Waals surface area (Å²) < 4.78 is 5.16. The van der Waals surface area contributed by atoms with Crippen molar-refractivity contribution < 1.29 is 9.21 Å². The van der Waals surface area contributed by atoms with Crippen LogP contribution in [0.4, 0.5) is 5.69 Å². The molecule has 5 heteroatoms. The Balaban J connectivity index is 1.88. The second kappa shape index (κ2) is 4.42. The number of benzene rings is 1. The van der Waals surface area contributed by atoms with E-state index in [2.05, 4.69) is 11.1 Å². The first kappa shape index (κ1) is 11.8. The molecule has 2 N–H and O–H groups in total. The van der Waals surface area contributed by atoms with Crippen molar-refractivity contribution in [2.24, 2.45) is 0 Å². The molecule has 1 amide bonds. The van der Waals surface area contributed by atoms with Gasteiger partial charge in [-0.3, -0.25) is 4.79 Å². The maximum Gasteiger partial charge on any atom is 0.291 e. The van der Waals surface area contributed by atoms with E-state index in [1.807, 2.05) is 12.1 Å². The lowest BCUT2D eigenvalue weighted by molar-refractivity contribution is 0.0702. The molecule has 0 saturated carbocycles. The van der Waals surface area contributed by atoms with Crippen LogP contribution >= 0.6 is 0 Å². The molecule has 0 spiro atoms. The van der Waals surface area contributed by atoms with Gasteiger partial charge >= 0.3 is 0 Å². The highest BCUT2D eigenvalue weighted by Crippen LogP contribution is 2.25. The predicted molar refractivity (Wildman–Crippen MR) is 70.5 cm³/mol. The van der Waals surface area contributed by atoms with Crippen LogP contribution in [0.1, 0.15) is 27.4 Å². The first-order chi connectivity index (χ1) is 9.16. The Kier molecular flexibility index (Phi) is 2.74. The molecule has 0 radical (unpaired) electrons. The molecular weight excluding hydrogens is 242 g/mol. The molecule has 98 valence electrons. The number of hydrogen-bond acceptors (Lipinski definition) is 4. The van der Waals surface area contributed by atoms with Crippen molar-refractivity contribution in [3.63, 3.8) is 0 Å². The monoisotopic (exact) mass is 257 g/mol. The fourth-order valence-corrected chi connectivity index (χ4v) is 2.43. The van der Waals surface area contributed by atoms with Gasteiger partial charge in [0.05, 0.1) is 5.69 Å². The van der Waals surface area contributed by atoms with Crippen LogP contribution in [0.2, 0.25) is 0 Å². The summed E-state index contributed by atoms with van der Waals surface area (Å²) in [5, 5.41) is 0. The van der Waals surface area contributed by atoms with Gasteiger partial charge < -0.3 is 15.1 Å². The maximum absolute atomic E-state index is 12.4. The fourth-order valence-electron chi connectivity index (χ4n) is 2.43. The summed E-state index contributed by atoms with van der Waals surface area (Å²) >= 11 is 0. The minimum atomic E-state index is -0.121. The van der Waals surface area contributed by atoms with Gasteiger partial charge in [-0.25, -0.2) is 4.98 Å². The molecule has 0 fully saturated rings. The highest BCUT2D eigenvalue weighted by molar-refractivity contribution is 5.92. The third-order valence-corrected chi connectivity index (χ3v) is 3.54. The molecule has 1 aliphatic rings. The van der Waals surface area contributed by atoms with Gasteiger partial charge in [-0.2, -0.15) is 0 Å². The van der Waals surface area contributed by atoms with Crippen LogP contribution < -0.4 is 5.73 Å². The first-order valence-corrected chi connectivity index (χ1v) is 6.22. The summed E-state index contributed by atoms with van der Waals surface area (Å²) in [6, 6.07) is 5.88. The third kappa shape index (κ3) is 1.97. The number of aryl methyl sites for hydroxylation is 1. The number of amides is 1. The van der Waals surface area contributed by atoms with Gasteiger partial charge in [-0.15, -0.1) is 0 Å². The Hall–Kier alpha value is -2.30. The Bertz CT molecular complexity index is 633. The predicted octanol–water partition coefficient (Wildman–Crippen LogP) is 1.76. The van der Waals surface area contributed by atoms with Crippen molar-refractivity contribution in [3.8, 4) is 0 Å². The summed E-state index contributed by atoms with van der Waals surface area (Å²) in [6.07, 6.45) is 2.12. The Morgan fingerprint density at radius 1 is 1.47 bits per heavy atom. The Labute approximate surface area is 111 Å². The average Bonchev–Trinajstić information content (AvgIpc) is 2.84. The zero-order chi connectivity index (χ0) is 13.4. The number of anilines is 1. The second-order valence-corrected chi connectivity index (χ2v) is 4.73. The minimum Gasteiger partial charge on any atom is -0.438 e. The summed E-state index contributed by atoms with van der Waals surface area (Å²) in [5.41, 5.74) is 9.60. The van der Waals surface area contributed by atoms with Crippen molar-refractivity contribution in [2.45, 2.75) is 19.9 Å². The number of nitrogens with zero attached hydrogens (tertiary/aromatic N) is 2. The molecule has 0 aliphatic carbocycles. The van der Waals surface area contributed by atoms with E-state index in [4.69, 9.17) is 10.2 Å². The van der Waals surface area contributed by atoms with Gasteiger partial charge in [0.2, 0.25) is 5.76 Å². The van der Waals surface area contributed by atoms with E-state index in [1.165, 1.54) is 12.0 Å². The van der Waals surface area contributed by atoms with Crippen LogP contribution in [0.15, 0.2) is 29.0 Å². The molecular formula is C14H15N3O2. The number of fused-ring (bicyclic) bond motifs is 1. The van der Waals surface area contributed by atoms with Gasteiger partial charge in [0.25, 0.3) is 5.91 Å². The molecule has 0 unspecified atom stereocenters. The molecule has 0 atom stereocenters. The van der Waals surface area contributed by atoms with Gasteiger partial charge in [0.1, 0.15) is 0 Å². The lowest BCUT2D eigenvalue weighted by Crippen LogP contribution is -2.36. The van der Waals surface area contributed by atoms with Crippen molar-refractivity contribution in [3.05, 3.63) is 47.2 Å². The number of aromatic nitrogens is 1. The summed E-state index contributed by atoms with van der Waals surface area (Å²) in [4.78, 5) is 18.1. The Morgan fingerprint density at radius 3 is 3.05 bits per heavy atom. The Morgan fingerprint density at radius 2 is 2.32 bits per heavy atom. The van der Waals surface area contributed by atoms with E-state index < -0.39 is 0 Å². The fraction of sp³-hybridized carbons (Fsp3) is 0.286. The standard InChI is InChI=1S/C14H15N3O2/c1-9-13(19-8-16-9)14(18)17-6-5-10-3-2-4-12(15)11(10)7-17/h2-4,8H,5-7,15H2,1H3. The molecule has 1 aromatic heterocycles. The normalized spacial score (nSPS) is 14.3. The molecule has 2 aromatic rings. The molecule has 2 heterocycles. The maximum atomic E-state index is 12.4. The van der Waals surface area contributed by atoms with E-state index >= 15 is 0 Å². The van der Waals surface area contributed by atoms with Gasteiger partial charge in [-0.1, -0.05) is 12.1 Å². The summed E-state index contributed by atoms with van der Waals surface area (Å²) in [5.74, 6) is 0.196. The zero-order valence-corrected chi connectivity index (χ0v) is 10.7. The van der Waals surface area contributed by atoms with Crippen LogP contribution in [0.3, 0.4) is 0 Å². The van der Waals surface area contributed by atoms with Crippen LogP contribution in [-0.2, 0) is 13.0 Å². The lowest BCUT2D eigenvalue weighted by atomic mass is 9.98. The highest BCUT2D eigenvalue weighted by atomic mass is 16.3. The van der Waals surface area contributed by atoms with Crippen molar-refractivity contribution in [1.82, 2.24) is 9.88 Å². The van der Waals surface area contributed by atoms with Gasteiger partial charge in [0.15, 0.2) is 6.39 Å². The van der Waals surface area contributed by atoms with Crippen LogP contribution in [0.5, 0.6) is 0 Å². The molecule has 19 heavy (non-hydrogen) atoms. The molecule has 0 bridgehead atoms. The highest BCUT2D eigenvalue weighted by Gasteiger charge is 2.26. The summed E-state index contributed by atoms with van der Waals surface area (Å²) in [6.45, 7) is 2.97. The third-order valence-electron chi connectivity index (χ3n) is 3.54. The van der Waals surface area contributed by atoms with Gasteiger partial charge in [0, 0.05) is 18.8 Å². The number of nitrogens with two attached hydrogens (primary N) is 1. The number of hydrogen-bond donors (Lipinski definition) is 1. The van der Waals surface area contributed by atoms with Crippen molar-refractivity contribution in [2.75, 3.05) is 12.3 Å². The quantitative estimate of drug-likeness (QED) is 0.790. The average molecular weight is 257 g/mol. The van der Waals surface area contributed by atoms with E-state index in [9.17, 15) is 4.79 Å². The largest absolute Gasteiger partial charge is 0.438 e. The number of carbonyl (C=O) groups excluding carboxylic acids is 1. The number of nitrogen functional groups attached to an aromatic ring is 1. The van der Waals surface area contributed by atoms with Crippen molar-refractivity contribution >= 4 is 11.6 Å². The van der Waals surface area contributed by atoms with E-state index in [-0.39, 0.29) is 5.91 Å². The molecule has 5 nitrogen and oxygen atoms in total. The smallest absolute Gasteiger partial charge is 0.291 e. The second-order valence-electron chi connectivity index (χ2n) is 4.73. The van der Waals surface area contributed by atoms with E-state index in [1.54, 1.807) is 11.8 Å². The molecule has 1 aliphatic heterocycles. The van der Waals surface area contributed by atoms with Crippen molar-refractivity contribution in [1.29, 1.82) is 0 Å². The number of carbonyl (C=O) groups is 1. The lowest BCUT2D eigenvalue weighted by Gasteiger charge is -2.29. The molecule has 1 aromatic carbocycles. The summed E-state index contributed by atoms with van der Waals surface area (Å²) in [7, 11) is 0. The van der Waals surface area contributed by atoms with Gasteiger partial charge in [-0.05, 0) is 30.5 Å². The molecule has 0 saturated heterocycles. The first-order valence-electron chi connectivity index (χ1n) is 6.22.